The average molecular weight is 318 g/mol. The number of hydrogen-bond donors (Lipinski definition) is 2. The van der Waals surface area contributed by atoms with Crippen LogP contribution in [0.2, 0.25) is 0 Å². The molecule has 0 saturated heterocycles. The van der Waals surface area contributed by atoms with E-state index in [1.165, 1.54) is 0 Å². The highest BCUT2D eigenvalue weighted by atomic mass is 32.1. The minimum Gasteiger partial charge on any atom is -0.477 e. The number of thiazole rings is 1. The quantitative estimate of drug-likeness (QED) is 0.904. The van der Waals surface area contributed by atoms with Crippen molar-refractivity contribution < 1.29 is 14.7 Å². The number of benzene rings is 1. The topological polar surface area (TPSA) is 79.3 Å². The Bertz CT molecular complexity index is 737. The van der Waals surface area contributed by atoms with Gasteiger partial charge in [-0.05, 0) is 39.3 Å². The van der Waals surface area contributed by atoms with Crippen LogP contribution in [-0.4, -0.2) is 22.0 Å². The maximum Gasteiger partial charge on any atom is 0.347 e. The lowest BCUT2D eigenvalue weighted by molar-refractivity contribution is -0.117. The van der Waals surface area contributed by atoms with Crippen molar-refractivity contribution >= 4 is 28.9 Å². The Morgan fingerprint density at radius 3 is 2.50 bits per heavy atom. The van der Waals surface area contributed by atoms with E-state index in [1.807, 2.05) is 32.0 Å². The van der Waals surface area contributed by atoms with Crippen LogP contribution in [0.3, 0.4) is 0 Å². The molecule has 6 heteroatoms. The summed E-state index contributed by atoms with van der Waals surface area (Å²) in [7, 11) is 0. The third-order valence-electron chi connectivity index (χ3n) is 3.41. The molecule has 0 unspecified atom stereocenters. The van der Waals surface area contributed by atoms with E-state index in [9.17, 15) is 9.59 Å². The first-order chi connectivity index (χ1) is 10.3. The summed E-state index contributed by atoms with van der Waals surface area (Å²) >= 11 is 1.05. The molecule has 1 heterocycles. The molecule has 1 amide bonds. The zero-order valence-corrected chi connectivity index (χ0v) is 13.7. The van der Waals surface area contributed by atoms with Gasteiger partial charge in [0.25, 0.3) is 0 Å². The van der Waals surface area contributed by atoms with E-state index >= 15 is 0 Å². The lowest BCUT2D eigenvalue weighted by atomic mass is 10.1. The summed E-state index contributed by atoms with van der Waals surface area (Å²) in [6, 6.07) is 5.80. The lowest BCUT2D eigenvalue weighted by Gasteiger charge is -2.12. The minimum absolute atomic E-state index is 0.182. The highest BCUT2D eigenvalue weighted by Gasteiger charge is 2.23. The van der Waals surface area contributed by atoms with Gasteiger partial charge in [0.15, 0.2) is 0 Å². The fourth-order valence-corrected chi connectivity index (χ4v) is 3.06. The Labute approximate surface area is 133 Å². The van der Waals surface area contributed by atoms with Crippen molar-refractivity contribution in [3.63, 3.8) is 0 Å². The molecule has 5 nitrogen and oxygen atoms in total. The van der Waals surface area contributed by atoms with E-state index in [4.69, 9.17) is 5.11 Å². The summed E-state index contributed by atoms with van der Waals surface area (Å²) in [5.41, 5.74) is 3.32. The zero-order valence-electron chi connectivity index (χ0n) is 12.9. The Hall–Kier alpha value is -2.21. The summed E-state index contributed by atoms with van der Waals surface area (Å²) in [6.07, 6.45) is 0. The molecule has 0 aliphatic heterocycles. The first kappa shape index (κ1) is 16.2. The van der Waals surface area contributed by atoms with Crippen molar-refractivity contribution in [1.29, 1.82) is 0 Å². The fourth-order valence-electron chi connectivity index (χ4n) is 2.11. The average Bonchev–Trinajstić information content (AvgIpc) is 2.83. The number of rotatable bonds is 4. The Morgan fingerprint density at radius 2 is 1.95 bits per heavy atom. The van der Waals surface area contributed by atoms with Crippen LogP contribution < -0.4 is 5.32 Å². The number of carboxylic acid groups (broad SMARTS) is 1. The van der Waals surface area contributed by atoms with E-state index in [1.54, 1.807) is 13.8 Å². The molecule has 1 aromatic heterocycles. The van der Waals surface area contributed by atoms with Gasteiger partial charge in [0.05, 0.1) is 11.6 Å². The van der Waals surface area contributed by atoms with Crippen LogP contribution in [0.4, 0.5) is 5.69 Å². The van der Waals surface area contributed by atoms with Crippen molar-refractivity contribution in [2.75, 3.05) is 5.32 Å². The summed E-state index contributed by atoms with van der Waals surface area (Å²) in [6.45, 7) is 7.29. The van der Waals surface area contributed by atoms with E-state index in [0.29, 0.717) is 10.7 Å². The molecule has 0 saturated carbocycles. The van der Waals surface area contributed by atoms with Crippen LogP contribution >= 0.6 is 11.3 Å². The normalized spacial score (nSPS) is 12.0. The van der Waals surface area contributed by atoms with Gasteiger partial charge >= 0.3 is 5.97 Å². The van der Waals surface area contributed by atoms with Crippen LogP contribution in [-0.2, 0) is 4.79 Å². The molecule has 116 valence electrons. The van der Waals surface area contributed by atoms with Gasteiger partial charge in [-0.3, -0.25) is 4.79 Å². The first-order valence-electron chi connectivity index (χ1n) is 6.88. The third-order valence-corrected chi connectivity index (χ3v) is 4.74. The number of nitrogens with zero attached hydrogens (tertiary/aromatic N) is 1. The second-order valence-corrected chi connectivity index (χ2v) is 6.33. The molecule has 0 aliphatic rings. The minimum atomic E-state index is -1.01. The van der Waals surface area contributed by atoms with E-state index in [-0.39, 0.29) is 10.8 Å². The molecular weight excluding hydrogens is 300 g/mol. The Morgan fingerprint density at radius 1 is 1.27 bits per heavy atom. The van der Waals surface area contributed by atoms with Gasteiger partial charge in [-0.1, -0.05) is 17.7 Å². The number of carbonyl (C=O) groups is 2. The van der Waals surface area contributed by atoms with Crippen molar-refractivity contribution in [3.8, 4) is 0 Å². The second kappa shape index (κ2) is 6.27. The summed E-state index contributed by atoms with van der Waals surface area (Å²) in [4.78, 5) is 27.8. The predicted molar refractivity (Wildman–Crippen MR) is 86.8 cm³/mol. The van der Waals surface area contributed by atoms with Gasteiger partial charge in [-0.25, -0.2) is 9.78 Å². The molecule has 2 aromatic rings. The summed E-state index contributed by atoms with van der Waals surface area (Å²) in [5, 5.41) is 12.5. The van der Waals surface area contributed by atoms with E-state index in [0.717, 1.165) is 28.2 Å². The maximum atomic E-state index is 12.3. The largest absolute Gasteiger partial charge is 0.477 e. The molecule has 1 aromatic carbocycles. The number of aromatic carboxylic acids is 1. The van der Waals surface area contributed by atoms with Gasteiger partial charge < -0.3 is 10.4 Å². The lowest BCUT2D eigenvalue weighted by Crippen LogP contribution is -2.19. The number of aromatic nitrogens is 1. The molecule has 1 atom stereocenters. The molecule has 0 fully saturated rings. The monoisotopic (exact) mass is 318 g/mol. The number of nitrogens with one attached hydrogen (secondary N) is 1. The van der Waals surface area contributed by atoms with Crippen LogP contribution in [0, 0.1) is 20.8 Å². The molecule has 0 spiro atoms. The third kappa shape index (κ3) is 3.33. The SMILES string of the molecule is Cc1ccc(NC(=O)[C@H](C)c2nc(C)c(C(=O)O)s2)c(C)c1. The standard InChI is InChI=1S/C16H18N2O3S/c1-8-5-6-12(9(2)7-8)18-14(19)10(3)15-17-11(4)13(22-15)16(20)21/h5-7,10H,1-4H3,(H,18,19)(H,20,21)/t10-/m0/s1. The number of carbonyl (C=O) groups excluding carboxylic acids is 1. The van der Waals surface area contributed by atoms with E-state index in [2.05, 4.69) is 10.3 Å². The van der Waals surface area contributed by atoms with Gasteiger partial charge in [-0.15, -0.1) is 11.3 Å². The second-order valence-electron chi connectivity index (χ2n) is 5.30. The number of anilines is 1. The zero-order chi connectivity index (χ0) is 16.4. The maximum absolute atomic E-state index is 12.3. The molecule has 2 N–H and O–H groups in total. The molecular formula is C16H18N2O3S. The summed E-state index contributed by atoms with van der Waals surface area (Å²) in [5.74, 6) is -1.71. The fraction of sp³-hybridized carbons (Fsp3) is 0.312. The van der Waals surface area contributed by atoms with Crippen LogP contribution in [0.5, 0.6) is 0 Å². The molecule has 22 heavy (non-hydrogen) atoms. The Kier molecular flexibility index (Phi) is 4.61. The molecule has 0 radical (unpaired) electrons. The van der Waals surface area contributed by atoms with Gasteiger partial charge in [0.2, 0.25) is 5.91 Å². The van der Waals surface area contributed by atoms with Gasteiger partial charge in [0.1, 0.15) is 9.88 Å². The van der Waals surface area contributed by atoms with Crippen molar-refractivity contribution in [3.05, 3.63) is 44.9 Å². The number of hydrogen-bond acceptors (Lipinski definition) is 4. The Balaban J connectivity index is 2.18. The molecule has 0 aliphatic carbocycles. The van der Waals surface area contributed by atoms with Crippen LogP contribution in [0.15, 0.2) is 18.2 Å². The van der Waals surface area contributed by atoms with Gasteiger partial charge in [-0.2, -0.15) is 0 Å². The smallest absolute Gasteiger partial charge is 0.347 e. The molecule has 0 bridgehead atoms. The van der Waals surface area contributed by atoms with Crippen molar-refractivity contribution in [1.82, 2.24) is 4.98 Å². The van der Waals surface area contributed by atoms with Crippen molar-refractivity contribution in [2.45, 2.75) is 33.6 Å². The van der Waals surface area contributed by atoms with Gasteiger partial charge in [0, 0.05) is 5.69 Å². The predicted octanol–water partition coefficient (Wildman–Crippen LogP) is 3.51. The number of carboxylic acids is 1. The number of amides is 1. The highest BCUT2D eigenvalue weighted by molar-refractivity contribution is 7.13. The van der Waals surface area contributed by atoms with Crippen LogP contribution in [0.1, 0.15) is 44.3 Å². The molecule has 2 rings (SSSR count). The van der Waals surface area contributed by atoms with E-state index < -0.39 is 11.9 Å². The van der Waals surface area contributed by atoms with Crippen molar-refractivity contribution in [2.24, 2.45) is 0 Å². The number of aryl methyl sites for hydroxylation is 3. The highest BCUT2D eigenvalue weighted by Crippen LogP contribution is 2.26. The first-order valence-corrected chi connectivity index (χ1v) is 7.70. The summed E-state index contributed by atoms with van der Waals surface area (Å²) < 4.78 is 0. The van der Waals surface area contributed by atoms with Crippen LogP contribution in [0.25, 0.3) is 0 Å².